The van der Waals surface area contributed by atoms with Crippen LogP contribution < -0.4 is 11.1 Å². The van der Waals surface area contributed by atoms with Gasteiger partial charge in [0, 0.05) is 24.9 Å². The predicted molar refractivity (Wildman–Crippen MR) is 62.0 cm³/mol. The van der Waals surface area contributed by atoms with Crippen molar-refractivity contribution in [2.24, 2.45) is 0 Å². The van der Waals surface area contributed by atoms with Crippen LogP contribution in [-0.4, -0.2) is 28.0 Å². The number of aromatic nitrogens is 3. The van der Waals surface area contributed by atoms with Gasteiger partial charge in [0.2, 0.25) is 0 Å². The van der Waals surface area contributed by atoms with E-state index in [2.05, 4.69) is 20.3 Å². The summed E-state index contributed by atoms with van der Waals surface area (Å²) in [4.78, 5) is 12.9. The SMILES string of the molecule is Nc1nc([C@@H]2CCNC2)nc2ccncc12. The van der Waals surface area contributed by atoms with Gasteiger partial charge in [0.1, 0.15) is 11.6 Å². The molecular weight excluding hydrogens is 202 g/mol. The molecular formula is C11H13N5. The topological polar surface area (TPSA) is 76.7 Å². The van der Waals surface area contributed by atoms with E-state index < -0.39 is 0 Å². The third-order valence-corrected chi connectivity index (χ3v) is 2.97. The van der Waals surface area contributed by atoms with Gasteiger partial charge < -0.3 is 11.1 Å². The van der Waals surface area contributed by atoms with E-state index in [1.807, 2.05) is 6.07 Å². The maximum Gasteiger partial charge on any atom is 0.136 e. The molecule has 0 amide bonds. The summed E-state index contributed by atoms with van der Waals surface area (Å²) in [6.45, 7) is 1.97. The molecule has 0 aliphatic carbocycles. The van der Waals surface area contributed by atoms with Gasteiger partial charge in [-0.2, -0.15) is 0 Å². The lowest BCUT2D eigenvalue weighted by Gasteiger charge is -2.09. The zero-order chi connectivity index (χ0) is 11.0. The lowest BCUT2D eigenvalue weighted by Crippen LogP contribution is -2.11. The van der Waals surface area contributed by atoms with Gasteiger partial charge in [0.25, 0.3) is 0 Å². The lowest BCUT2D eigenvalue weighted by molar-refractivity contribution is 0.708. The Labute approximate surface area is 93.1 Å². The quantitative estimate of drug-likeness (QED) is 0.731. The summed E-state index contributed by atoms with van der Waals surface area (Å²) in [6, 6.07) is 1.87. The molecule has 1 atom stereocenters. The van der Waals surface area contributed by atoms with Gasteiger partial charge in [-0.25, -0.2) is 9.97 Å². The van der Waals surface area contributed by atoms with Crippen LogP contribution in [0.25, 0.3) is 10.9 Å². The molecule has 0 spiro atoms. The number of rotatable bonds is 1. The van der Waals surface area contributed by atoms with Crippen molar-refractivity contribution in [3.8, 4) is 0 Å². The molecule has 0 bridgehead atoms. The number of nitrogen functional groups attached to an aromatic ring is 1. The third kappa shape index (κ3) is 1.49. The van der Waals surface area contributed by atoms with E-state index in [1.165, 1.54) is 0 Å². The van der Waals surface area contributed by atoms with Crippen LogP contribution in [0, 0.1) is 0 Å². The molecule has 3 N–H and O–H groups in total. The standard InChI is InChI=1S/C11H13N5/c12-10-8-6-14-4-2-9(8)15-11(16-10)7-1-3-13-5-7/h2,4,6-7,13H,1,3,5H2,(H2,12,15,16)/t7-/m1/s1. The van der Waals surface area contributed by atoms with Crippen LogP contribution in [-0.2, 0) is 0 Å². The van der Waals surface area contributed by atoms with E-state index in [1.54, 1.807) is 12.4 Å². The van der Waals surface area contributed by atoms with Crippen LogP contribution in [0.2, 0.25) is 0 Å². The fourth-order valence-corrected chi connectivity index (χ4v) is 2.07. The van der Waals surface area contributed by atoms with Gasteiger partial charge in [-0.15, -0.1) is 0 Å². The van der Waals surface area contributed by atoms with Crippen molar-refractivity contribution < 1.29 is 0 Å². The van der Waals surface area contributed by atoms with E-state index >= 15 is 0 Å². The maximum absolute atomic E-state index is 5.91. The number of hydrogen-bond acceptors (Lipinski definition) is 5. The molecule has 1 aliphatic rings. The van der Waals surface area contributed by atoms with Crippen molar-refractivity contribution in [2.45, 2.75) is 12.3 Å². The van der Waals surface area contributed by atoms with Crippen molar-refractivity contribution in [3.63, 3.8) is 0 Å². The molecule has 1 fully saturated rings. The van der Waals surface area contributed by atoms with E-state index in [0.717, 1.165) is 36.2 Å². The van der Waals surface area contributed by atoms with Crippen LogP contribution in [0.15, 0.2) is 18.5 Å². The average molecular weight is 215 g/mol. The zero-order valence-corrected chi connectivity index (χ0v) is 8.85. The molecule has 3 rings (SSSR count). The number of hydrogen-bond donors (Lipinski definition) is 2. The summed E-state index contributed by atoms with van der Waals surface area (Å²) < 4.78 is 0. The summed E-state index contributed by atoms with van der Waals surface area (Å²) >= 11 is 0. The molecule has 16 heavy (non-hydrogen) atoms. The van der Waals surface area contributed by atoms with Crippen molar-refractivity contribution in [2.75, 3.05) is 18.8 Å². The molecule has 82 valence electrons. The molecule has 2 aromatic rings. The largest absolute Gasteiger partial charge is 0.383 e. The van der Waals surface area contributed by atoms with Gasteiger partial charge in [-0.1, -0.05) is 0 Å². The molecule has 0 unspecified atom stereocenters. The van der Waals surface area contributed by atoms with Crippen LogP contribution in [0.1, 0.15) is 18.2 Å². The Morgan fingerprint density at radius 1 is 1.38 bits per heavy atom. The van der Waals surface area contributed by atoms with Crippen LogP contribution in [0.4, 0.5) is 5.82 Å². The minimum absolute atomic E-state index is 0.389. The molecule has 2 aromatic heterocycles. The third-order valence-electron chi connectivity index (χ3n) is 2.97. The Hall–Kier alpha value is -1.75. The first-order chi connectivity index (χ1) is 7.84. The minimum Gasteiger partial charge on any atom is -0.383 e. The molecule has 5 heteroatoms. The summed E-state index contributed by atoms with van der Waals surface area (Å²) in [5.74, 6) is 1.76. The second-order valence-corrected chi connectivity index (χ2v) is 4.05. The number of nitrogens with one attached hydrogen (secondary N) is 1. The van der Waals surface area contributed by atoms with Gasteiger partial charge >= 0.3 is 0 Å². The second kappa shape index (κ2) is 3.68. The van der Waals surface area contributed by atoms with E-state index in [4.69, 9.17) is 5.73 Å². The molecule has 1 aliphatic heterocycles. The fraction of sp³-hybridized carbons (Fsp3) is 0.364. The summed E-state index contributed by atoms with van der Waals surface area (Å²) in [5, 5.41) is 4.14. The first kappa shape index (κ1) is 9.47. The van der Waals surface area contributed by atoms with Crippen LogP contribution >= 0.6 is 0 Å². The lowest BCUT2D eigenvalue weighted by atomic mass is 10.1. The fourth-order valence-electron chi connectivity index (χ4n) is 2.07. The summed E-state index contributed by atoms with van der Waals surface area (Å²) in [5.41, 5.74) is 6.79. The molecule has 0 aromatic carbocycles. The highest BCUT2D eigenvalue weighted by Gasteiger charge is 2.20. The molecule has 5 nitrogen and oxygen atoms in total. The Kier molecular flexibility index (Phi) is 2.18. The highest BCUT2D eigenvalue weighted by Crippen LogP contribution is 2.23. The average Bonchev–Trinajstić information content (AvgIpc) is 2.82. The smallest absolute Gasteiger partial charge is 0.136 e. The highest BCUT2D eigenvalue weighted by atomic mass is 15.0. The van der Waals surface area contributed by atoms with Crippen molar-refractivity contribution in [3.05, 3.63) is 24.3 Å². The highest BCUT2D eigenvalue weighted by molar-refractivity contribution is 5.86. The summed E-state index contributed by atoms with van der Waals surface area (Å²) in [7, 11) is 0. The monoisotopic (exact) mass is 215 g/mol. The minimum atomic E-state index is 0.389. The first-order valence-electron chi connectivity index (χ1n) is 5.42. The van der Waals surface area contributed by atoms with Crippen LogP contribution in [0.3, 0.4) is 0 Å². The first-order valence-corrected chi connectivity index (χ1v) is 5.42. The van der Waals surface area contributed by atoms with Crippen molar-refractivity contribution >= 4 is 16.7 Å². The Balaban J connectivity index is 2.13. The number of anilines is 1. The molecule has 1 saturated heterocycles. The second-order valence-electron chi connectivity index (χ2n) is 4.05. The molecule has 3 heterocycles. The predicted octanol–water partition coefficient (Wildman–Crippen LogP) is 0.684. The van der Waals surface area contributed by atoms with Crippen molar-refractivity contribution in [1.29, 1.82) is 0 Å². The van der Waals surface area contributed by atoms with E-state index in [-0.39, 0.29) is 0 Å². The Morgan fingerprint density at radius 3 is 3.12 bits per heavy atom. The number of nitrogens with zero attached hydrogens (tertiary/aromatic N) is 3. The van der Waals surface area contributed by atoms with Crippen LogP contribution in [0.5, 0.6) is 0 Å². The van der Waals surface area contributed by atoms with Gasteiger partial charge in [0.05, 0.1) is 10.9 Å². The number of pyridine rings is 1. The molecule has 0 saturated carbocycles. The van der Waals surface area contributed by atoms with Crippen molar-refractivity contribution in [1.82, 2.24) is 20.3 Å². The number of nitrogens with two attached hydrogens (primary N) is 1. The Bertz CT molecular complexity index is 519. The van der Waals surface area contributed by atoms with Gasteiger partial charge in [-0.05, 0) is 19.0 Å². The Morgan fingerprint density at radius 2 is 2.31 bits per heavy atom. The molecule has 0 radical (unpaired) electrons. The van der Waals surface area contributed by atoms with E-state index in [9.17, 15) is 0 Å². The van der Waals surface area contributed by atoms with Gasteiger partial charge in [0.15, 0.2) is 0 Å². The number of fused-ring (bicyclic) bond motifs is 1. The zero-order valence-electron chi connectivity index (χ0n) is 8.85. The maximum atomic E-state index is 5.91. The van der Waals surface area contributed by atoms with Gasteiger partial charge in [-0.3, -0.25) is 4.98 Å². The summed E-state index contributed by atoms with van der Waals surface area (Å²) in [6.07, 6.45) is 4.52. The normalized spacial score (nSPS) is 20.4. The van der Waals surface area contributed by atoms with E-state index in [0.29, 0.717) is 11.7 Å².